The van der Waals surface area contributed by atoms with Gasteiger partial charge in [-0.05, 0) is 66.5 Å². The first-order valence-corrected chi connectivity index (χ1v) is 31.9. The number of unbranched alkanes of at least 4 members (excludes halogenated alkanes) is 2. The van der Waals surface area contributed by atoms with Crippen molar-refractivity contribution in [3.05, 3.63) is 114 Å². The molecular weight excluding hydrogens is 1160 g/mol. The van der Waals surface area contributed by atoms with Gasteiger partial charge in [0.25, 0.3) is 11.8 Å². The Hall–Kier alpha value is -7.14. The maximum absolute atomic E-state index is 14.9. The van der Waals surface area contributed by atoms with Gasteiger partial charge in [-0.3, -0.25) is 38.7 Å². The molecule has 4 unspecified atom stereocenters. The van der Waals surface area contributed by atoms with Crippen molar-refractivity contribution < 1.29 is 71.8 Å². The van der Waals surface area contributed by atoms with Gasteiger partial charge in [0.2, 0.25) is 17.7 Å². The van der Waals surface area contributed by atoms with E-state index in [2.05, 4.69) is 5.32 Å². The van der Waals surface area contributed by atoms with E-state index in [4.69, 9.17) is 25.6 Å². The highest BCUT2D eigenvalue weighted by Gasteiger charge is 3.01. The van der Waals surface area contributed by atoms with Crippen LogP contribution in [0.2, 0.25) is 0 Å². The average Bonchev–Trinajstić information content (AvgIpc) is 1.40. The van der Waals surface area contributed by atoms with Gasteiger partial charge in [-0.1, -0.05) is 94.7 Å². The highest BCUT2D eigenvalue weighted by Crippen LogP contribution is 3.01. The molecule has 3 aliphatic carbocycles. The fourth-order valence-corrected chi connectivity index (χ4v) is 16.0. The Bertz CT molecular complexity index is 3660. The number of alkyl halides is 1. The number of carboxylic acids is 1. The fraction of sp³-hybridized carbons (Fsp3) is 0.390. The Labute approximate surface area is 495 Å². The number of rotatable bonds is 23. The number of carbonyl (C=O) groups is 8. The molecule has 84 heavy (non-hydrogen) atoms. The van der Waals surface area contributed by atoms with E-state index in [-0.39, 0.29) is 91.9 Å². The molecule has 0 saturated heterocycles. The zero-order valence-corrected chi connectivity index (χ0v) is 49.1. The molecule has 7 amide bonds. The molecule has 6 aliphatic rings. The van der Waals surface area contributed by atoms with Gasteiger partial charge in [0.15, 0.2) is 0 Å². The highest BCUT2D eigenvalue weighted by molar-refractivity contribution is 8.76. The van der Waals surface area contributed by atoms with Crippen LogP contribution in [0, 0.1) is 16.2 Å². The molecule has 5 aromatic carbocycles. The normalized spacial score (nSPS) is 21.7. The molecule has 11 rings (SSSR count). The van der Waals surface area contributed by atoms with Crippen molar-refractivity contribution in [2.75, 3.05) is 68.3 Å². The molecule has 3 aliphatic heterocycles. The lowest BCUT2D eigenvalue weighted by Crippen LogP contribution is -2.49. The van der Waals surface area contributed by atoms with Crippen LogP contribution < -0.4 is 24.4 Å². The number of phosphoric acid groups is 1. The number of imide groups is 1. The summed E-state index contributed by atoms with van der Waals surface area (Å²) >= 11 is 6.53. The largest absolute Gasteiger partial charge is 0.524 e. The van der Waals surface area contributed by atoms with Crippen molar-refractivity contribution in [2.45, 2.75) is 74.8 Å². The van der Waals surface area contributed by atoms with Gasteiger partial charge < -0.3 is 44.0 Å². The number of carboxylic acid groups (broad SMARTS) is 1. The number of likely N-dealkylation sites (N-methyl/N-ethyl adjacent to an activating group) is 2. The fourth-order valence-electron chi connectivity index (χ4n) is 13.0. The Kier molecular flexibility index (Phi) is 16.1. The summed E-state index contributed by atoms with van der Waals surface area (Å²) in [4.78, 5) is 132. The minimum atomic E-state index is -4.96. The molecule has 0 aromatic heterocycles. The number of anilines is 2. The molecule has 0 bridgehead atoms. The zero-order valence-electron chi connectivity index (χ0n) is 45.8. The number of aliphatic carboxylic acids is 1. The van der Waals surface area contributed by atoms with Crippen molar-refractivity contribution >= 4 is 122 Å². The second-order valence-electron chi connectivity index (χ2n) is 22.3. The molecule has 4 N–H and O–H groups in total. The summed E-state index contributed by atoms with van der Waals surface area (Å²) in [6, 6.07) is 23.8. The van der Waals surface area contributed by atoms with E-state index >= 15 is 0 Å². The summed E-state index contributed by atoms with van der Waals surface area (Å²) in [6.45, 7) is 0.980. The third-order valence-corrected chi connectivity index (χ3v) is 20.6. The minimum absolute atomic E-state index is 0.0407. The summed E-state index contributed by atoms with van der Waals surface area (Å²) in [5.74, 6) is -2.35. The second-order valence-corrected chi connectivity index (χ2v) is 26.1. The van der Waals surface area contributed by atoms with Crippen LogP contribution in [0.1, 0.15) is 67.6 Å². The van der Waals surface area contributed by atoms with E-state index in [9.17, 15) is 57.8 Å². The number of benzene rings is 5. The third-order valence-electron chi connectivity index (χ3n) is 17.3. The van der Waals surface area contributed by atoms with Crippen LogP contribution in [0.5, 0.6) is 11.5 Å². The number of phosphoric ester groups is 1. The molecule has 21 nitrogen and oxygen atoms in total. The van der Waals surface area contributed by atoms with Crippen LogP contribution in [-0.4, -0.2) is 142 Å². The van der Waals surface area contributed by atoms with Gasteiger partial charge >= 0.3 is 26.0 Å². The van der Waals surface area contributed by atoms with Gasteiger partial charge in [0.05, 0.1) is 22.2 Å². The number of hydrogen-bond donors (Lipinski definition) is 4. The molecule has 5 atom stereocenters. The number of carbonyl (C=O) groups excluding carboxylic acids is 7. The number of halogens is 1. The van der Waals surface area contributed by atoms with Gasteiger partial charge in [-0.15, -0.1) is 11.6 Å². The number of nitrogens with one attached hydrogen (secondary N) is 1. The van der Waals surface area contributed by atoms with Crippen LogP contribution in [0.25, 0.3) is 21.5 Å². The molecule has 25 heteroatoms. The average molecular weight is 1220 g/mol. The molecular formula is C59H60ClN6O15PS2. The summed E-state index contributed by atoms with van der Waals surface area (Å²) in [7, 11) is 0.613. The maximum atomic E-state index is 14.9. The van der Waals surface area contributed by atoms with Crippen molar-refractivity contribution in [2.24, 2.45) is 16.2 Å². The van der Waals surface area contributed by atoms with Gasteiger partial charge in [-0.25, -0.2) is 18.9 Å². The standard InChI is InChI=1S/C59H60ClN6O15PS2/c1-62(55(74)79-30-35-12-5-10-17-47(35)84-83-31-42(52(70)71)61-48(67)18-4-3-11-22-65-49(68)19-20-50(65)69)24-25-63(2)56(75)80-45-26-43-38(37-13-6-7-14-39(37)45)21-23-64(43)53(72)57-32-58(34-59(57,58)33-57)54(73)66-29-36(28-60)51-41-16-9-8-15-40(41)46(27-44(51)66)81-82(76,77)78/h5-10,12-17,19-20,26-27,36,42H,3-4,11,18,21-25,28-34H2,1-2H3,(H,61,67)(H,70,71)(H2,76,77,78)/t36?,42-,57?,58?,59?/m0/s1. The second kappa shape index (κ2) is 23.0. The summed E-state index contributed by atoms with van der Waals surface area (Å²) in [5.41, 5.74) is 1.52. The smallest absolute Gasteiger partial charge is 0.480 e. The van der Waals surface area contributed by atoms with Crippen molar-refractivity contribution in [1.29, 1.82) is 0 Å². The molecule has 3 saturated carbocycles. The van der Waals surface area contributed by atoms with Crippen LogP contribution in [0.3, 0.4) is 0 Å². The number of fused-ring (bicyclic) bond motifs is 6. The maximum Gasteiger partial charge on any atom is 0.524 e. The van der Waals surface area contributed by atoms with Gasteiger partial charge in [0, 0.05) is 122 Å². The first-order chi connectivity index (χ1) is 40.2. The lowest BCUT2D eigenvalue weighted by molar-refractivity contribution is -0.141. The summed E-state index contributed by atoms with van der Waals surface area (Å²) < 4.78 is 29.0. The SMILES string of the molecule is CN(CCN(C)C(=O)Oc1cc2c(c3ccccc13)CCN2C(=O)C12CC3(C(=O)N4CC(CCl)c5c4cc(OP(=O)(O)O)c4ccccc54)CC13C2)C(=O)OCc1ccccc1SSC[C@H](NC(=O)CCCCCN1C(=O)C=CC1=O)C(=O)O. The van der Waals surface area contributed by atoms with E-state index in [1.807, 2.05) is 36.4 Å². The molecule has 5 aromatic rings. The predicted octanol–water partition coefficient (Wildman–Crippen LogP) is 8.39. The van der Waals surface area contributed by atoms with E-state index in [1.54, 1.807) is 59.3 Å². The zero-order chi connectivity index (χ0) is 59.5. The quantitative estimate of drug-likeness (QED) is 0.0157. The van der Waals surface area contributed by atoms with Crippen LogP contribution in [0.15, 0.2) is 102 Å². The molecule has 440 valence electrons. The van der Waals surface area contributed by atoms with E-state index in [1.165, 1.54) is 56.7 Å². The molecule has 3 heterocycles. The molecule has 3 fully saturated rings. The Morgan fingerprint density at radius 3 is 2.07 bits per heavy atom. The summed E-state index contributed by atoms with van der Waals surface area (Å²) in [5, 5.41) is 15.1. The highest BCUT2D eigenvalue weighted by atomic mass is 35.5. The van der Waals surface area contributed by atoms with Crippen LogP contribution in [-0.2, 0) is 51.1 Å². The van der Waals surface area contributed by atoms with Gasteiger partial charge in [-0.2, -0.15) is 0 Å². The first kappa shape index (κ1) is 58.6. The number of ether oxygens (including phenoxy) is 2. The topological polar surface area (TPSA) is 270 Å². The van der Waals surface area contributed by atoms with E-state index in [0.717, 1.165) is 26.3 Å². The van der Waals surface area contributed by atoms with Crippen LogP contribution >= 0.6 is 41.0 Å². The van der Waals surface area contributed by atoms with E-state index < -0.39 is 54.2 Å². The Morgan fingerprint density at radius 2 is 1.40 bits per heavy atom. The lowest BCUT2D eigenvalue weighted by atomic mass is 9.72. The minimum Gasteiger partial charge on any atom is -0.480 e. The predicted molar refractivity (Wildman–Crippen MR) is 314 cm³/mol. The monoisotopic (exact) mass is 1220 g/mol. The Balaban J connectivity index is 0.669. The third kappa shape index (κ3) is 10.8. The number of amides is 7. The van der Waals surface area contributed by atoms with Gasteiger partial charge in [0.1, 0.15) is 24.1 Å². The molecule has 1 spiro atoms. The first-order valence-electron chi connectivity index (χ1n) is 27.5. The molecule has 0 radical (unpaired) electrons. The van der Waals surface area contributed by atoms with Crippen molar-refractivity contribution in [3.63, 3.8) is 0 Å². The summed E-state index contributed by atoms with van der Waals surface area (Å²) in [6.07, 6.45) is 4.72. The van der Waals surface area contributed by atoms with Crippen molar-refractivity contribution in [1.82, 2.24) is 20.0 Å². The number of nitrogens with zero attached hydrogens (tertiary/aromatic N) is 5. The Morgan fingerprint density at radius 1 is 0.786 bits per heavy atom. The van der Waals surface area contributed by atoms with E-state index in [0.29, 0.717) is 84.6 Å². The van der Waals surface area contributed by atoms with Crippen LogP contribution in [0.4, 0.5) is 21.0 Å². The number of hydrogen-bond acceptors (Lipinski definition) is 14. The van der Waals surface area contributed by atoms with Crippen molar-refractivity contribution in [3.8, 4) is 11.5 Å². The lowest BCUT2D eigenvalue weighted by Gasteiger charge is -2.37.